The van der Waals surface area contributed by atoms with E-state index in [1.165, 1.54) is 11.6 Å². The van der Waals surface area contributed by atoms with Crippen molar-refractivity contribution in [3.8, 4) is 11.1 Å². The van der Waals surface area contributed by atoms with Crippen molar-refractivity contribution in [2.24, 2.45) is 15.8 Å². The third-order valence-electron chi connectivity index (χ3n) is 7.85. The molecule has 0 aliphatic heterocycles. The molecule has 246 valence electrons. The van der Waals surface area contributed by atoms with E-state index < -0.39 is 0 Å². The molecule has 9 heteroatoms. The lowest BCUT2D eigenvalue weighted by molar-refractivity contribution is -0.116. The van der Waals surface area contributed by atoms with Gasteiger partial charge < -0.3 is 16.4 Å². The number of fused-ring (bicyclic) bond motifs is 1. The zero-order valence-corrected chi connectivity index (χ0v) is 28.2. The van der Waals surface area contributed by atoms with E-state index >= 15 is 0 Å². The Morgan fingerprint density at radius 2 is 1.67 bits per heavy atom. The minimum absolute atomic E-state index is 0.115. The van der Waals surface area contributed by atoms with Gasteiger partial charge in [0.25, 0.3) is 0 Å². The summed E-state index contributed by atoms with van der Waals surface area (Å²) in [7, 11) is 0. The van der Waals surface area contributed by atoms with Crippen molar-refractivity contribution in [3.05, 3.63) is 120 Å². The fourth-order valence-corrected chi connectivity index (χ4v) is 6.06. The Bertz CT molecular complexity index is 1830. The summed E-state index contributed by atoms with van der Waals surface area (Å²) < 4.78 is 1.10. The van der Waals surface area contributed by atoms with Gasteiger partial charge in [0, 0.05) is 29.9 Å². The summed E-state index contributed by atoms with van der Waals surface area (Å²) in [4.78, 5) is 20.7. The number of carbonyl (C=O) groups is 1. The fourth-order valence-electron chi connectivity index (χ4n) is 5.24. The number of unbranched alkanes of at least 4 members (excludes halogenated alkanes) is 3. The Hall–Kier alpha value is -5.28. The zero-order chi connectivity index (χ0) is 33.6. The molecule has 0 radical (unpaired) electrons. The molecule has 1 amide bonds. The second-order valence-electron chi connectivity index (χ2n) is 11.5. The van der Waals surface area contributed by atoms with Crippen LogP contribution in [0.4, 0.5) is 16.5 Å². The van der Waals surface area contributed by atoms with Crippen LogP contribution >= 0.6 is 11.3 Å². The van der Waals surface area contributed by atoms with Crippen LogP contribution in [0.3, 0.4) is 0 Å². The first kappa shape index (κ1) is 34.1. The molecule has 8 nitrogen and oxygen atoms in total. The van der Waals surface area contributed by atoms with Gasteiger partial charge in [-0.15, -0.1) is 0 Å². The van der Waals surface area contributed by atoms with Crippen molar-refractivity contribution in [3.63, 3.8) is 0 Å². The Balaban J connectivity index is 1.25. The number of hydrogen-bond donors (Lipinski definition) is 4. The number of aliphatic imine (C=N–C) groups is 1. The van der Waals surface area contributed by atoms with Gasteiger partial charge in [-0.1, -0.05) is 86.6 Å². The van der Waals surface area contributed by atoms with E-state index in [2.05, 4.69) is 76.0 Å². The molecule has 5 rings (SSSR count). The third kappa shape index (κ3) is 9.86. The third-order valence-corrected chi connectivity index (χ3v) is 8.79. The van der Waals surface area contributed by atoms with Gasteiger partial charge in [0.2, 0.25) is 11.0 Å². The van der Waals surface area contributed by atoms with Crippen molar-refractivity contribution >= 4 is 56.0 Å². The van der Waals surface area contributed by atoms with Crippen LogP contribution in [-0.2, 0) is 11.2 Å². The summed E-state index contributed by atoms with van der Waals surface area (Å²) in [5.74, 6) is 0.311. The SMILES string of the molecule is C=CC(=O)NCCCCCCNc1ccc(C(N)=Nc2ccc(-c3ccc(CCC)cc3)cc2/C=N/Nc2nc3ccccc3s2)cc1. The largest absolute Gasteiger partial charge is 0.385 e. The maximum atomic E-state index is 11.2. The monoisotopic (exact) mass is 657 g/mol. The Morgan fingerprint density at radius 3 is 2.42 bits per heavy atom. The average Bonchev–Trinajstić information content (AvgIpc) is 3.53. The van der Waals surface area contributed by atoms with Crippen LogP contribution in [0.5, 0.6) is 0 Å². The molecular formula is C39H43N7OS. The van der Waals surface area contributed by atoms with Crippen molar-refractivity contribution in [1.82, 2.24) is 10.3 Å². The predicted octanol–water partition coefficient (Wildman–Crippen LogP) is 8.67. The molecule has 0 unspecified atom stereocenters. The molecule has 0 atom stereocenters. The summed E-state index contributed by atoms with van der Waals surface area (Å²) in [6, 6.07) is 30.9. The molecule has 0 aliphatic carbocycles. The van der Waals surface area contributed by atoms with Gasteiger partial charge in [0.1, 0.15) is 5.84 Å². The molecule has 5 aromatic rings. The molecule has 1 heterocycles. The predicted molar refractivity (Wildman–Crippen MR) is 204 cm³/mol. The second kappa shape index (κ2) is 17.6. The molecule has 0 saturated heterocycles. The first-order valence-corrected chi connectivity index (χ1v) is 17.3. The van der Waals surface area contributed by atoms with Gasteiger partial charge in [-0.2, -0.15) is 5.10 Å². The number of rotatable bonds is 17. The minimum Gasteiger partial charge on any atom is -0.385 e. The first-order chi connectivity index (χ1) is 23.5. The van der Waals surface area contributed by atoms with Crippen LogP contribution in [0.15, 0.2) is 114 Å². The number of nitrogens with zero attached hydrogens (tertiary/aromatic N) is 3. The fraction of sp³-hybridized carbons (Fsp3) is 0.231. The summed E-state index contributed by atoms with van der Waals surface area (Å²) >= 11 is 1.56. The Labute approximate surface area is 286 Å². The van der Waals surface area contributed by atoms with Crippen LogP contribution in [0.25, 0.3) is 21.3 Å². The highest BCUT2D eigenvalue weighted by Gasteiger charge is 2.08. The quantitative estimate of drug-likeness (QED) is 0.0263. The number of nitrogens with two attached hydrogens (primary N) is 1. The summed E-state index contributed by atoms with van der Waals surface area (Å²) in [5.41, 5.74) is 17.6. The van der Waals surface area contributed by atoms with E-state index in [-0.39, 0.29) is 5.91 Å². The van der Waals surface area contributed by atoms with Crippen LogP contribution in [-0.4, -0.2) is 36.0 Å². The summed E-state index contributed by atoms with van der Waals surface area (Å²) in [6.45, 7) is 7.23. The molecule has 0 bridgehead atoms. The minimum atomic E-state index is -0.115. The molecule has 1 aromatic heterocycles. The van der Waals surface area contributed by atoms with E-state index in [0.717, 1.165) is 94.0 Å². The van der Waals surface area contributed by atoms with Gasteiger partial charge >= 0.3 is 0 Å². The van der Waals surface area contributed by atoms with Crippen LogP contribution in [0.1, 0.15) is 55.7 Å². The number of amides is 1. The highest BCUT2D eigenvalue weighted by molar-refractivity contribution is 7.22. The number of aromatic nitrogens is 1. The van der Waals surface area contributed by atoms with E-state index in [9.17, 15) is 4.79 Å². The average molecular weight is 658 g/mol. The second-order valence-corrected chi connectivity index (χ2v) is 12.5. The number of benzene rings is 4. The summed E-state index contributed by atoms with van der Waals surface area (Å²) in [6.07, 6.45) is 9.46. The molecule has 5 N–H and O–H groups in total. The van der Waals surface area contributed by atoms with Gasteiger partial charge in [-0.25, -0.2) is 9.98 Å². The van der Waals surface area contributed by atoms with Crippen LogP contribution in [0.2, 0.25) is 0 Å². The van der Waals surface area contributed by atoms with Gasteiger partial charge in [-0.3, -0.25) is 10.2 Å². The first-order valence-electron chi connectivity index (χ1n) is 16.5. The molecule has 0 aliphatic rings. The topological polar surface area (TPSA) is 117 Å². The van der Waals surface area contributed by atoms with Gasteiger partial charge in [0.05, 0.1) is 22.1 Å². The van der Waals surface area contributed by atoms with Gasteiger partial charge in [-0.05, 0) is 90.6 Å². The van der Waals surface area contributed by atoms with E-state index in [0.29, 0.717) is 12.4 Å². The maximum Gasteiger partial charge on any atom is 0.243 e. The Kier molecular flexibility index (Phi) is 12.5. The van der Waals surface area contributed by atoms with E-state index in [4.69, 9.17) is 10.7 Å². The molecule has 4 aromatic carbocycles. The molecule has 0 spiro atoms. The smallest absolute Gasteiger partial charge is 0.243 e. The number of anilines is 2. The number of thiazole rings is 1. The molecule has 0 saturated carbocycles. The van der Waals surface area contributed by atoms with Crippen LogP contribution < -0.4 is 21.8 Å². The summed E-state index contributed by atoms with van der Waals surface area (Å²) in [5, 5.41) is 11.5. The molecule has 48 heavy (non-hydrogen) atoms. The highest BCUT2D eigenvalue weighted by Crippen LogP contribution is 2.28. The van der Waals surface area contributed by atoms with E-state index in [1.807, 2.05) is 54.6 Å². The number of carbonyl (C=O) groups excluding carboxylic acids is 1. The number of hydrogen-bond acceptors (Lipinski definition) is 7. The number of para-hydroxylation sites is 1. The van der Waals surface area contributed by atoms with Crippen LogP contribution in [0, 0.1) is 0 Å². The molecule has 0 fully saturated rings. The van der Waals surface area contributed by atoms with Crippen molar-refractivity contribution < 1.29 is 4.79 Å². The maximum absolute atomic E-state index is 11.2. The van der Waals surface area contributed by atoms with Crippen molar-refractivity contribution in [1.29, 1.82) is 0 Å². The number of amidine groups is 1. The number of aryl methyl sites for hydroxylation is 1. The highest BCUT2D eigenvalue weighted by atomic mass is 32.1. The zero-order valence-electron chi connectivity index (χ0n) is 27.4. The lowest BCUT2D eigenvalue weighted by Crippen LogP contribution is -2.21. The lowest BCUT2D eigenvalue weighted by Gasteiger charge is -2.10. The standard InChI is InChI=1S/C39H43N7OS/c1-3-11-28-14-16-29(17-15-28)31-20-23-34(32(26-31)27-43-46-39-45-35-12-7-8-13-36(35)48-39)44-38(40)30-18-21-33(22-19-30)41-24-9-5-6-10-25-42-37(47)4-2/h4,7-8,12-23,26-27,41H,2-3,5-6,9-11,24-25H2,1H3,(H2,40,44)(H,42,47)(H,45,46)/b43-27+. The molecular weight excluding hydrogens is 615 g/mol. The lowest BCUT2D eigenvalue weighted by atomic mass is 10.00. The number of nitrogens with one attached hydrogen (secondary N) is 3. The van der Waals surface area contributed by atoms with Crippen molar-refractivity contribution in [2.75, 3.05) is 23.8 Å². The normalized spacial score (nSPS) is 11.6. The van der Waals surface area contributed by atoms with Gasteiger partial charge in [0.15, 0.2) is 0 Å². The van der Waals surface area contributed by atoms with Crippen molar-refractivity contribution in [2.45, 2.75) is 45.4 Å². The van der Waals surface area contributed by atoms with E-state index in [1.54, 1.807) is 17.6 Å². The Morgan fingerprint density at radius 1 is 0.917 bits per heavy atom. The number of hydrazone groups is 1.